The van der Waals surface area contributed by atoms with Crippen molar-refractivity contribution in [3.8, 4) is 11.1 Å². The molecular weight excluding hydrogens is 400 g/mol. The van der Waals surface area contributed by atoms with E-state index in [1.165, 1.54) is 0 Å². The van der Waals surface area contributed by atoms with E-state index in [1.54, 1.807) is 0 Å². The molecule has 2 amide bonds. The van der Waals surface area contributed by atoms with E-state index < -0.39 is 0 Å². The summed E-state index contributed by atoms with van der Waals surface area (Å²) in [5.41, 5.74) is 11.3. The van der Waals surface area contributed by atoms with E-state index in [2.05, 4.69) is 4.99 Å². The van der Waals surface area contributed by atoms with Gasteiger partial charge in [-0.15, -0.1) is 0 Å². The number of rotatable bonds is 3. The second-order valence-electron chi connectivity index (χ2n) is 8.80. The van der Waals surface area contributed by atoms with Crippen LogP contribution in [0.25, 0.3) is 17.2 Å². The van der Waals surface area contributed by atoms with Crippen LogP contribution in [0.5, 0.6) is 0 Å². The number of nitrogens with two attached hydrogens (primary N) is 1. The molecule has 0 saturated carbocycles. The average molecular weight is 429 g/mol. The fourth-order valence-electron chi connectivity index (χ4n) is 4.74. The minimum atomic E-state index is 0.0656. The van der Waals surface area contributed by atoms with Crippen molar-refractivity contribution in [1.29, 1.82) is 0 Å². The lowest BCUT2D eigenvalue weighted by atomic mass is 10.00. The summed E-state index contributed by atoms with van der Waals surface area (Å²) in [7, 11) is 0. The van der Waals surface area contributed by atoms with Crippen LogP contribution < -0.4 is 5.73 Å². The Morgan fingerprint density at radius 1 is 0.781 bits per heavy atom. The summed E-state index contributed by atoms with van der Waals surface area (Å²) < 4.78 is 0. The molecular formula is C26H28N4O2. The maximum Gasteiger partial charge on any atom is 0.253 e. The first-order chi connectivity index (χ1) is 15.6. The predicted molar refractivity (Wildman–Crippen MR) is 127 cm³/mol. The van der Waals surface area contributed by atoms with Gasteiger partial charge < -0.3 is 15.5 Å². The summed E-state index contributed by atoms with van der Waals surface area (Å²) >= 11 is 0. The summed E-state index contributed by atoms with van der Waals surface area (Å²) in [6.07, 6.45) is 6.59. The number of hydrogen-bond donors (Lipinski definition) is 1. The molecule has 0 bridgehead atoms. The lowest BCUT2D eigenvalue weighted by molar-refractivity contribution is -0.126. The molecule has 0 aliphatic carbocycles. The summed E-state index contributed by atoms with van der Waals surface area (Å²) in [6.45, 7) is 3.33. The summed E-state index contributed by atoms with van der Waals surface area (Å²) in [4.78, 5) is 33.9. The highest BCUT2D eigenvalue weighted by molar-refractivity contribution is 6.05. The lowest BCUT2D eigenvalue weighted by Crippen LogP contribution is -2.30. The third kappa shape index (κ3) is 4.05. The molecule has 5 rings (SSSR count). The van der Waals surface area contributed by atoms with Crippen LogP contribution in [0.3, 0.4) is 0 Å². The molecule has 2 saturated heterocycles. The molecule has 2 fully saturated rings. The molecule has 0 aromatic heterocycles. The van der Waals surface area contributed by atoms with Crippen molar-refractivity contribution in [2.45, 2.75) is 32.1 Å². The largest absolute Gasteiger partial charge is 0.387 e. The van der Waals surface area contributed by atoms with Crippen LogP contribution in [0.15, 0.2) is 53.0 Å². The Bertz CT molecular complexity index is 1110. The highest BCUT2D eigenvalue weighted by Crippen LogP contribution is 2.32. The number of amidine groups is 1. The minimum Gasteiger partial charge on any atom is -0.387 e. The third-order valence-corrected chi connectivity index (χ3v) is 6.52. The number of amides is 2. The number of likely N-dealkylation sites (tertiary alicyclic amines) is 2. The van der Waals surface area contributed by atoms with Crippen LogP contribution in [-0.2, 0) is 4.79 Å². The maximum atomic E-state index is 12.9. The zero-order valence-corrected chi connectivity index (χ0v) is 18.2. The van der Waals surface area contributed by atoms with Crippen molar-refractivity contribution in [1.82, 2.24) is 9.80 Å². The molecule has 2 aromatic rings. The quantitative estimate of drug-likeness (QED) is 0.803. The SMILES string of the molecule is NC1=Nc2cc(-c3ccc(C(=O)N4CCCC4)cc3)ccc2C=C(C(=O)N2CCCC2)C1. The minimum absolute atomic E-state index is 0.0656. The van der Waals surface area contributed by atoms with Gasteiger partial charge in [0.15, 0.2) is 0 Å². The first-order valence-electron chi connectivity index (χ1n) is 11.5. The standard InChI is InChI=1S/C26H28N4O2/c27-24-17-22(26(32)30-13-3-4-14-30)15-21-10-9-20(16-23(21)28-24)18-5-7-19(8-6-18)25(31)29-11-1-2-12-29/h5-10,15-16H,1-4,11-14,17H2,(H2,27,28). The van der Waals surface area contributed by atoms with Crippen molar-refractivity contribution >= 4 is 29.4 Å². The summed E-state index contributed by atoms with van der Waals surface area (Å²) in [6, 6.07) is 13.8. The van der Waals surface area contributed by atoms with Gasteiger partial charge in [0, 0.05) is 49.3 Å². The van der Waals surface area contributed by atoms with E-state index in [0.717, 1.165) is 79.8 Å². The Morgan fingerprint density at radius 2 is 1.38 bits per heavy atom. The number of aliphatic imine (C=N–C) groups is 1. The molecule has 0 atom stereocenters. The van der Waals surface area contributed by atoms with Gasteiger partial charge in [-0.3, -0.25) is 9.59 Å². The van der Waals surface area contributed by atoms with Gasteiger partial charge in [-0.2, -0.15) is 0 Å². The van der Waals surface area contributed by atoms with Crippen LogP contribution in [-0.4, -0.2) is 53.6 Å². The van der Waals surface area contributed by atoms with Gasteiger partial charge in [-0.25, -0.2) is 4.99 Å². The Kier molecular flexibility index (Phi) is 5.52. The summed E-state index contributed by atoms with van der Waals surface area (Å²) in [5.74, 6) is 0.621. The molecule has 0 spiro atoms. The number of benzene rings is 2. The molecule has 3 aliphatic rings. The van der Waals surface area contributed by atoms with Crippen molar-refractivity contribution in [3.63, 3.8) is 0 Å². The van der Waals surface area contributed by atoms with Crippen LogP contribution >= 0.6 is 0 Å². The first kappa shape index (κ1) is 20.5. The smallest absolute Gasteiger partial charge is 0.253 e. The molecule has 32 heavy (non-hydrogen) atoms. The molecule has 3 aliphatic heterocycles. The molecule has 2 aromatic carbocycles. The fraction of sp³-hybridized carbons (Fsp3) is 0.346. The molecule has 0 unspecified atom stereocenters. The van der Waals surface area contributed by atoms with E-state index in [0.29, 0.717) is 17.8 Å². The first-order valence-corrected chi connectivity index (χ1v) is 11.5. The van der Waals surface area contributed by atoms with Gasteiger partial charge in [-0.05, 0) is 61.1 Å². The number of hydrogen-bond acceptors (Lipinski definition) is 4. The summed E-state index contributed by atoms with van der Waals surface area (Å²) in [5, 5.41) is 0. The van der Waals surface area contributed by atoms with Gasteiger partial charge in [0.1, 0.15) is 5.84 Å². The van der Waals surface area contributed by atoms with Crippen molar-refractivity contribution in [3.05, 3.63) is 59.2 Å². The van der Waals surface area contributed by atoms with Crippen LogP contribution in [0, 0.1) is 0 Å². The number of nitrogens with zero attached hydrogens (tertiary/aromatic N) is 3. The van der Waals surface area contributed by atoms with Crippen LogP contribution in [0.2, 0.25) is 0 Å². The second-order valence-corrected chi connectivity index (χ2v) is 8.80. The Hall–Kier alpha value is -3.41. The molecule has 164 valence electrons. The average Bonchev–Trinajstić information content (AvgIpc) is 3.51. The van der Waals surface area contributed by atoms with Crippen LogP contribution in [0.1, 0.15) is 48.0 Å². The van der Waals surface area contributed by atoms with Crippen molar-refractivity contribution in [2.24, 2.45) is 10.7 Å². The van der Waals surface area contributed by atoms with E-state index in [4.69, 9.17) is 5.73 Å². The Morgan fingerprint density at radius 3 is 2.03 bits per heavy atom. The van der Waals surface area contributed by atoms with E-state index >= 15 is 0 Å². The monoisotopic (exact) mass is 428 g/mol. The number of fused-ring (bicyclic) bond motifs is 1. The maximum absolute atomic E-state index is 12.9. The number of carbonyl (C=O) groups is 2. The van der Waals surface area contributed by atoms with E-state index in [-0.39, 0.29) is 11.8 Å². The van der Waals surface area contributed by atoms with Gasteiger partial charge in [0.05, 0.1) is 5.69 Å². The Labute approximate surface area is 188 Å². The second kappa shape index (κ2) is 8.61. The predicted octanol–water partition coefficient (Wildman–Crippen LogP) is 3.99. The lowest BCUT2D eigenvalue weighted by Gasteiger charge is -2.17. The molecule has 6 nitrogen and oxygen atoms in total. The third-order valence-electron chi connectivity index (χ3n) is 6.52. The normalized spacial score (nSPS) is 18.1. The van der Waals surface area contributed by atoms with E-state index in [1.807, 2.05) is 58.3 Å². The van der Waals surface area contributed by atoms with Crippen molar-refractivity contribution < 1.29 is 9.59 Å². The highest BCUT2D eigenvalue weighted by atomic mass is 16.2. The highest BCUT2D eigenvalue weighted by Gasteiger charge is 2.24. The van der Waals surface area contributed by atoms with E-state index in [9.17, 15) is 9.59 Å². The van der Waals surface area contributed by atoms with Gasteiger partial charge in [0.2, 0.25) is 5.91 Å². The fourth-order valence-corrected chi connectivity index (χ4v) is 4.74. The van der Waals surface area contributed by atoms with Gasteiger partial charge in [-0.1, -0.05) is 24.3 Å². The topological polar surface area (TPSA) is 79.0 Å². The zero-order valence-electron chi connectivity index (χ0n) is 18.2. The van der Waals surface area contributed by atoms with Gasteiger partial charge >= 0.3 is 0 Å². The molecule has 3 heterocycles. The zero-order chi connectivity index (χ0) is 22.1. The van der Waals surface area contributed by atoms with Crippen molar-refractivity contribution in [2.75, 3.05) is 26.2 Å². The molecule has 0 radical (unpaired) electrons. The molecule has 6 heteroatoms. The van der Waals surface area contributed by atoms with Gasteiger partial charge in [0.25, 0.3) is 5.91 Å². The Balaban J connectivity index is 1.40. The molecule has 2 N–H and O–H groups in total. The number of carbonyl (C=O) groups excluding carboxylic acids is 2. The van der Waals surface area contributed by atoms with Crippen LogP contribution in [0.4, 0.5) is 5.69 Å².